The Morgan fingerprint density at radius 2 is 1.47 bits per heavy atom. The Bertz CT molecular complexity index is 1030. The summed E-state index contributed by atoms with van der Waals surface area (Å²) < 4.78 is 5.86. The molecule has 0 radical (unpaired) electrons. The van der Waals surface area contributed by atoms with Crippen molar-refractivity contribution in [2.45, 2.75) is 46.8 Å². The van der Waals surface area contributed by atoms with E-state index in [0.29, 0.717) is 30.0 Å². The Kier molecular flexibility index (Phi) is 5.24. The highest BCUT2D eigenvalue weighted by atomic mass is 16.5. The van der Waals surface area contributed by atoms with Gasteiger partial charge in [-0.25, -0.2) is 4.90 Å². The van der Waals surface area contributed by atoms with Crippen LogP contribution in [0, 0.1) is 20.8 Å². The molecule has 2 unspecified atom stereocenters. The van der Waals surface area contributed by atoms with Crippen LogP contribution in [0.4, 0.5) is 5.69 Å². The zero-order valence-corrected chi connectivity index (χ0v) is 18.2. The normalized spacial score (nSPS) is 22.3. The predicted octanol–water partition coefficient (Wildman–Crippen LogP) is 4.01. The first-order valence-electron chi connectivity index (χ1n) is 10.4. The summed E-state index contributed by atoms with van der Waals surface area (Å²) in [5.41, 5.74) is 5.67. The molecule has 4 rings (SSSR count). The van der Waals surface area contributed by atoms with E-state index in [1.54, 1.807) is 0 Å². The van der Waals surface area contributed by atoms with Gasteiger partial charge >= 0.3 is 0 Å². The summed E-state index contributed by atoms with van der Waals surface area (Å²) in [6.07, 6.45) is -0.0304. The Morgan fingerprint density at radius 1 is 0.833 bits per heavy atom. The Balaban J connectivity index is 1.85. The van der Waals surface area contributed by atoms with E-state index in [1.807, 2.05) is 82.0 Å². The number of hydrogen-bond acceptors (Lipinski definition) is 4. The maximum absolute atomic E-state index is 13.6. The molecular weight excluding hydrogens is 376 g/mol. The lowest BCUT2D eigenvalue weighted by atomic mass is 9.99. The van der Waals surface area contributed by atoms with Gasteiger partial charge in [0.2, 0.25) is 0 Å². The number of aryl methyl sites for hydroxylation is 3. The number of morpholine rings is 1. The van der Waals surface area contributed by atoms with Crippen LogP contribution < -0.4 is 4.90 Å². The van der Waals surface area contributed by atoms with Crippen molar-refractivity contribution in [3.8, 4) is 0 Å². The van der Waals surface area contributed by atoms with Crippen molar-refractivity contribution < 1.29 is 14.3 Å². The number of nitrogens with zero attached hydrogens (tertiary/aromatic N) is 2. The number of imide groups is 1. The molecule has 1 saturated heterocycles. The van der Waals surface area contributed by atoms with Crippen LogP contribution in [-0.4, -0.2) is 42.0 Å². The van der Waals surface area contributed by atoms with E-state index in [1.165, 1.54) is 4.90 Å². The molecule has 5 nitrogen and oxygen atoms in total. The molecule has 5 heteroatoms. The van der Waals surface area contributed by atoms with Crippen LogP contribution in [0.15, 0.2) is 48.2 Å². The third-order valence-corrected chi connectivity index (χ3v) is 5.88. The standard InChI is InChI=1S/C25H28N2O3/c1-15-6-10-21(11-7-15)27-24(28)22(20-9-8-16(2)17(3)12-20)23(25(27)29)26-13-18(4)30-19(5)14-26/h6-12,18-19H,13-14H2,1-5H3. The van der Waals surface area contributed by atoms with Gasteiger partial charge in [0.25, 0.3) is 11.8 Å². The summed E-state index contributed by atoms with van der Waals surface area (Å²) >= 11 is 0. The Labute approximate surface area is 177 Å². The van der Waals surface area contributed by atoms with Gasteiger partial charge in [0, 0.05) is 13.1 Å². The molecule has 0 saturated carbocycles. The smallest absolute Gasteiger partial charge is 0.282 e. The Morgan fingerprint density at radius 3 is 2.07 bits per heavy atom. The van der Waals surface area contributed by atoms with Crippen LogP contribution in [0.25, 0.3) is 5.57 Å². The second kappa shape index (κ2) is 7.73. The van der Waals surface area contributed by atoms with Crippen LogP contribution in [0.2, 0.25) is 0 Å². The molecule has 1 fully saturated rings. The molecule has 30 heavy (non-hydrogen) atoms. The summed E-state index contributed by atoms with van der Waals surface area (Å²) in [6.45, 7) is 11.2. The highest BCUT2D eigenvalue weighted by Gasteiger charge is 2.43. The maximum atomic E-state index is 13.6. The topological polar surface area (TPSA) is 49.9 Å². The largest absolute Gasteiger partial charge is 0.372 e. The number of hydrogen-bond donors (Lipinski definition) is 0. The molecule has 2 aromatic rings. The van der Waals surface area contributed by atoms with Gasteiger partial charge < -0.3 is 9.64 Å². The zero-order valence-electron chi connectivity index (χ0n) is 18.2. The van der Waals surface area contributed by atoms with Crippen LogP contribution in [-0.2, 0) is 14.3 Å². The van der Waals surface area contributed by atoms with Crippen molar-refractivity contribution in [1.82, 2.24) is 4.90 Å². The van der Waals surface area contributed by atoms with E-state index >= 15 is 0 Å². The molecule has 0 aliphatic carbocycles. The molecule has 2 heterocycles. The van der Waals surface area contributed by atoms with Crippen LogP contribution >= 0.6 is 0 Å². The van der Waals surface area contributed by atoms with Crippen molar-refractivity contribution in [2.75, 3.05) is 18.0 Å². The first kappa shape index (κ1) is 20.4. The fraction of sp³-hybridized carbons (Fsp3) is 0.360. The molecule has 156 valence electrons. The minimum atomic E-state index is -0.270. The number of ether oxygens (including phenoxy) is 1. The summed E-state index contributed by atoms with van der Waals surface area (Å²) in [7, 11) is 0. The minimum absolute atomic E-state index is 0.0152. The van der Waals surface area contributed by atoms with Crippen molar-refractivity contribution in [3.63, 3.8) is 0 Å². The van der Waals surface area contributed by atoms with Gasteiger partial charge in [-0.2, -0.15) is 0 Å². The van der Waals surface area contributed by atoms with Gasteiger partial charge in [0.1, 0.15) is 5.70 Å². The van der Waals surface area contributed by atoms with Gasteiger partial charge in [-0.3, -0.25) is 9.59 Å². The average Bonchev–Trinajstić information content (AvgIpc) is 2.94. The molecule has 2 aromatic carbocycles. The molecule has 0 spiro atoms. The first-order chi connectivity index (χ1) is 14.3. The van der Waals surface area contributed by atoms with Gasteiger partial charge in [-0.15, -0.1) is 0 Å². The van der Waals surface area contributed by atoms with Gasteiger partial charge in [-0.05, 0) is 63.4 Å². The van der Waals surface area contributed by atoms with Gasteiger partial charge in [0.15, 0.2) is 0 Å². The summed E-state index contributed by atoms with van der Waals surface area (Å²) in [6, 6.07) is 13.4. The SMILES string of the molecule is Cc1ccc(N2C(=O)C(c3ccc(C)c(C)c3)=C(N3CC(C)OC(C)C3)C2=O)cc1. The van der Waals surface area contributed by atoms with Crippen molar-refractivity contribution in [1.29, 1.82) is 0 Å². The van der Waals surface area contributed by atoms with E-state index in [2.05, 4.69) is 0 Å². The number of anilines is 1. The highest BCUT2D eigenvalue weighted by Crippen LogP contribution is 2.36. The first-order valence-corrected chi connectivity index (χ1v) is 10.4. The van der Waals surface area contributed by atoms with E-state index in [9.17, 15) is 9.59 Å². The van der Waals surface area contributed by atoms with Crippen LogP contribution in [0.3, 0.4) is 0 Å². The minimum Gasteiger partial charge on any atom is -0.372 e. The van der Waals surface area contributed by atoms with Crippen molar-refractivity contribution in [3.05, 3.63) is 70.4 Å². The molecule has 2 aliphatic heterocycles. The molecule has 2 aliphatic rings. The highest BCUT2D eigenvalue weighted by molar-refractivity contribution is 6.45. The number of carbonyl (C=O) groups excluding carboxylic acids is 2. The van der Waals surface area contributed by atoms with E-state index in [-0.39, 0.29) is 24.0 Å². The third kappa shape index (κ3) is 3.54. The van der Waals surface area contributed by atoms with E-state index in [0.717, 1.165) is 22.3 Å². The van der Waals surface area contributed by atoms with Crippen molar-refractivity contribution >= 4 is 23.1 Å². The third-order valence-electron chi connectivity index (χ3n) is 5.88. The number of benzene rings is 2. The summed E-state index contributed by atoms with van der Waals surface area (Å²) in [5, 5.41) is 0. The lowest BCUT2D eigenvalue weighted by Crippen LogP contribution is -2.47. The lowest BCUT2D eigenvalue weighted by Gasteiger charge is -2.37. The average molecular weight is 405 g/mol. The van der Waals surface area contributed by atoms with Crippen molar-refractivity contribution in [2.24, 2.45) is 0 Å². The molecular formula is C25H28N2O3. The van der Waals surface area contributed by atoms with E-state index in [4.69, 9.17) is 4.74 Å². The number of amides is 2. The number of rotatable bonds is 3. The zero-order chi connectivity index (χ0) is 21.6. The second-order valence-corrected chi connectivity index (χ2v) is 8.47. The molecule has 0 bridgehead atoms. The van der Waals surface area contributed by atoms with Gasteiger partial charge in [0.05, 0.1) is 23.5 Å². The molecule has 0 aromatic heterocycles. The summed E-state index contributed by atoms with van der Waals surface area (Å²) in [4.78, 5) is 30.6. The van der Waals surface area contributed by atoms with Gasteiger partial charge in [-0.1, -0.05) is 35.9 Å². The Hall–Kier alpha value is -2.92. The fourth-order valence-corrected chi connectivity index (χ4v) is 4.26. The second-order valence-electron chi connectivity index (χ2n) is 8.47. The molecule has 2 amide bonds. The lowest BCUT2D eigenvalue weighted by molar-refractivity contribution is -0.121. The van der Waals surface area contributed by atoms with Crippen LogP contribution in [0.5, 0.6) is 0 Å². The molecule has 0 N–H and O–H groups in total. The fourth-order valence-electron chi connectivity index (χ4n) is 4.26. The molecule has 2 atom stereocenters. The van der Waals surface area contributed by atoms with E-state index < -0.39 is 0 Å². The number of carbonyl (C=O) groups is 2. The quantitative estimate of drug-likeness (QED) is 0.726. The van der Waals surface area contributed by atoms with Crippen LogP contribution in [0.1, 0.15) is 36.1 Å². The monoisotopic (exact) mass is 404 g/mol. The maximum Gasteiger partial charge on any atom is 0.282 e. The summed E-state index contributed by atoms with van der Waals surface area (Å²) in [5.74, 6) is -0.535. The predicted molar refractivity (Wildman–Crippen MR) is 118 cm³/mol.